The maximum Gasteiger partial charge on any atom is 0.156 e. The maximum atomic E-state index is 4.65. The number of hydrogen-bond acceptors (Lipinski definition) is 4. The molecule has 1 N–H and O–H groups in total. The molecule has 0 aliphatic carbocycles. The van der Waals surface area contributed by atoms with E-state index in [2.05, 4.69) is 42.8 Å². The van der Waals surface area contributed by atoms with Crippen molar-refractivity contribution >= 4 is 28.7 Å². The number of nitrogens with one attached hydrogen (secondary N) is 1. The summed E-state index contributed by atoms with van der Waals surface area (Å²) < 4.78 is 0. The van der Waals surface area contributed by atoms with E-state index in [1.807, 2.05) is 11.8 Å². The van der Waals surface area contributed by atoms with Crippen LogP contribution in [0.25, 0.3) is 0 Å². The number of hydrogen-bond donors (Lipinski definition) is 1. The van der Waals surface area contributed by atoms with Gasteiger partial charge in [0, 0.05) is 11.8 Å². The Morgan fingerprint density at radius 1 is 1.28 bits per heavy atom. The largest absolute Gasteiger partial charge is 0.365 e. The van der Waals surface area contributed by atoms with Gasteiger partial charge in [0.15, 0.2) is 5.17 Å². The molecule has 2 nitrogen and oxygen atoms in total. The molecule has 0 spiro atoms. The molecule has 1 fully saturated rings. The number of rotatable bonds is 3. The van der Waals surface area contributed by atoms with E-state index < -0.39 is 0 Å². The van der Waals surface area contributed by atoms with E-state index in [1.54, 1.807) is 0 Å². The lowest BCUT2D eigenvalue weighted by molar-refractivity contribution is 0.375. The van der Waals surface area contributed by atoms with Gasteiger partial charge in [0.2, 0.25) is 0 Å². The molecule has 0 radical (unpaired) electrons. The smallest absolute Gasteiger partial charge is 0.156 e. The molecule has 2 aliphatic heterocycles. The summed E-state index contributed by atoms with van der Waals surface area (Å²) in [4.78, 5) is 4.65. The molecule has 1 saturated heterocycles. The topological polar surface area (TPSA) is 24.4 Å². The van der Waals surface area contributed by atoms with Crippen molar-refractivity contribution in [3.05, 3.63) is 0 Å². The van der Waals surface area contributed by atoms with Crippen LogP contribution in [-0.2, 0) is 0 Å². The molecule has 0 aromatic carbocycles. The second kappa shape index (κ2) is 6.56. The lowest BCUT2D eigenvalue weighted by Crippen LogP contribution is -2.29. The van der Waals surface area contributed by atoms with E-state index in [-0.39, 0.29) is 0 Å². The van der Waals surface area contributed by atoms with Gasteiger partial charge in [0.05, 0.1) is 6.54 Å². The van der Waals surface area contributed by atoms with E-state index >= 15 is 0 Å². The fourth-order valence-electron chi connectivity index (χ4n) is 2.49. The molecular formula is C14H26N2S2. The fourth-order valence-corrected chi connectivity index (χ4v) is 5.05. The predicted molar refractivity (Wildman–Crippen MR) is 85.8 cm³/mol. The highest BCUT2D eigenvalue weighted by Gasteiger charge is 2.25. The number of aliphatic imine (C=N–C) groups is 1. The fraction of sp³-hybridized carbons (Fsp3) is 0.929. The Balaban J connectivity index is 1.66. The summed E-state index contributed by atoms with van der Waals surface area (Å²) in [6, 6.07) is 0. The summed E-state index contributed by atoms with van der Waals surface area (Å²) in [7, 11) is 0. The zero-order valence-electron chi connectivity index (χ0n) is 11.9. The van der Waals surface area contributed by atoms with E-state index in [0.29, 0.717) is 10.7 Å². The van der Waals surface area contributed by atoms with Crippen LogP contribution in [0.15, 0.2) is 4.99 Å². The molecule has 0 saturated carbocycles. The molecule has 104 valence electrons. The average molecular weight is 287 g/mol. The van der Waals surface area contributed by atoms with Crippen LogP contribution in [0.2, 0.25) is 0 Å². The van der Waals surface area contributed by atoms with Crippen LogP contribution in [0.5, 0.6) is 0 Å². The molecule has 0 aromatic heterocycles. The SMILES string of the molecule is CC(C)(C)CC1CN=C(NCC2CCSCC2)S1. The van der Waals surface area contributed by atoms with Crippen molar-refractivity contribution in [3.63, 3.8) is 0 Å². The van der Waals surface area contributed by atoms with Crippen LogP contribution < -0.4 is 5.32 Å². The third-order valence-electron chi connectivity index (χ3n) is 3.44. The van der Waals surface area contributed by atoms with Crippen molar-refractivity contribution in [2.45, 2.75) is 45.3 Å². The van der Waals surface area contributed by atoms with Gasteiger partial charge in [0.1, 0.15) is 0 Å². The summed E-state index contributed by atoms with van der Waals surface area (Å²) in [5.41, 5.74) is 0.420. The lowest BCUT2D eigenvalue weighted by atomic mass is 9.90. The van der Waals surface area contributed by atoms with Crippen LogP contribution in [0.4, 0.5) is 0 Å². The molecule has 0 aromatic rings. The normalized spacial score (nSPS) is 26.2. The van der Waals surface area contributed by atoms with Crippen molar-refractivity contribution in [3.8, 4) is 0 Å². The Bertz CT molecular complexity index is 291. The number of thioether (sulfide) groups is 2. The first-order valence-electron chi connectivity index (χ1n) is 7.06. The third kappa shape index (κ3) is 5.04. The Morgan fingerprint density at radius 2 is 2.00 bits per heavy atom. The molecule has 0 amide bonds. The van der Waals surface area contributed by atoms with Crippen molar-refractivity contribution in [2.75, 3.05) is 24.6 Å². The molecule has 2 heterocycles. The van der Waals surface area contributed by atoms with Crippen molar-refractivity contribution in [1.29, 1.82) is 0 Å². The quantitative estimate of drug-likeness (QED) is 0.857. The van der Waals surface area contributed by atoms with Crippen LogP contribution in [0.1, 0.15) is 40.0 Å². The second-order valence-electron chi connectivity index (χ2n) is 6.59. The van der Waals surface area contributed by atoms with Crippen LogP contribution in [-0.4, -0.2) is 35.0 Å². The maximum absolute atomic E-state index is 4.65. The van der Waals surface area contributed by atoms with Gasteiger partial charge in [0.25, 0.3) is 0 Å². The lowest BCUT2D eigenvalue weighted by Gasteiger charge is -2.23. The summed E-state index contributed by atoms with van der Waals surface area (Å²) in [5, 5.41) is 5.46. The van der Waals surface area contributed by atoms with Gasteiger partial charge in [-0.25, -0.2) is 0 Å². The monoisotopic (exact) mass is 286 g/mol. The molecule has 4 heteroatoms. The standard InChI is InChI=1S/C14H26N2S2/c1-14(2,3)8-12-10-16-13(18-12)15-9-11-4-6-17-7-5-11/h11-12H,4-10H2,1-3H3,(H,15,16). The Kier molecular flexibility index (Phi) is 5.31. The van der Waals surface area contributed by atoms with E-state index in [9.17, 15) is 0 Å². The highest BCUT2D eigenvalue weighted by atomic mass is 32.2. The van der Waals surface area contributed by atoms with Gasteiger partial charge < -0.3 is 5.32 Å². The zero-order valence-corrected chi connectivity index (χ0v) is 13.5. The first kappa shape index (κ1) is 14.6. The van der Waals surface area contributed by atoms with Crippen LogP contribution in [0, 0.1) is 11.3 Å². The highest BCUT2D eigenvalue weighted by molar-refractivity contribution is 8.14. The predicted octanol–water partition coefficient (Wildman–Crippen LogP) is 3.63. The summed E-state index contributed by atoms with van der Waals surface area (Å²) in [6.07, 6.45) is 4.01. The van der Waals surface area contributed by atoms with Gasteiger partial charge in [-0.15, -0.1) is 0 Å². The van der Waals surface area contributed by atoms with Crippen molar-refractivity contribution < 1.29 is 0 Å². The first-order valence-corrected chi connectivity index (χ1v) is 9.09. The highest BCUT2D eigenvalue weighted by Crippen LogP contribution is 2.31. The zero-order chi connectivity index (χ0) is 13.0. The molecule has 1 unspecified atom stereocenters. The van der Waals surface area contributed by atoms with Crippen LogP contribution in [0.3, 0.4) is 0 Å². The second-order valence-corrected chi connectivity index (χ2v) is 9.10. The first-order chi connectivity index (χ1) is 8.53. The van der Waals surface area contributed by atoms with E-state index in [4.69, 9.17) is 0 Å². The Morgan fingerprint density at radius 3 is 2.67 bits per heavy atom. The molecular weight excluding hydrogens is 260 g/mol. The van der Waals surface area contributed by atoms with Crippen molar-refractivity contribution in [1.82, 2.24) is 5.32 Å². The van der Waals surface area contributed by atoms with Gasteiger partial charge in [-0.1, -0.05) is 32.5 Å². The third-order valence-corrected chi connectivity index (χ3v) is 5.63. The van der Waals surface area contributed by atoms with Crippen LogP contribution >= 0.6 is 23.5 Å². The van der Waals surface area contributed by atoms with Crippen molar-refractivity contribution in [2.24, 2.45) is 16.3 Å². The minimum absolute atomic E-state index is 0.420. The summed E-state index contributed by atoms with van der Waals surface area (Å²) in [6.45, 7) is 9.09. The summed E-state index contributed by atoms with van der Waals surface area (Å²) in [5.74, 6) is 3.56. The molecule has 0 bridgehead atoms. The number of amidine groups is 1. The molecule has 2 rings (SSSR count). The molecule has 18 heavy (non-hydrogen) atoms. The Labute approximate surface area is 120 Å². The minimum Gasteiger partial charge on any atom is -0.365 e. The van der Waals surface area contributed by atoms with Gasteiger partial charge in [-0.3, -0.25) is 4.99 Å². The molecule has 2 aliphatic rings. The Hall–Kier alpha value is 0.170. The van der Waals surface area contributed by atoms with E-state index in [0.717, 1.165) is 19.0 Å². The van der Waals surface area contributed by atoms with E-state index in [1.165, 1.54) is 35.9 Å². The summed E-state index contributed by atoms with van der Waals surface area (Å²) >= 11 is 4.06. The van der Waals surface area contributed by atoms with Gasteiger partial charge >= 0.3 is 0 Å². The van der Waals surface area contributed by atoms with Gasteiger partial charge in [-0.05, 0) is 42.1 Å². The number of nitrogens with zero attached hydrogens (tertiary/aromatic N) is 1. The minimum atomic E-state index is 0.420. The van der Waals surface area contributed by atoms with Gasteiger partial charge in [-0.2, -0.15) is 11.8 Å². The molecule has 1 atom stereocenters. The average Bonchev–Trinajstić information content (AvgIpc) is 2.73.